The number of hydrogen-bond acceptors (Lipinski definition) is 2. The van der Waals surface area contributed by atoms with Gasteiger partial charge in [0.15, 0.2) is 0 Å². The van der Waals surface area contributed by atoms with Gasteiger partial charge in [-0.05, 0) is 22.4 Å². The number of hydrogen-bond donors (Lipinski definition) is 1. The van der Waals surface area contributed by atoms with Crippen molar-refractivity contribution in [2.24, 2.45) is 0 Å². The zero-order valence-electron chi connectivity index (χ0n) is 6.29. The lowest BCUT2D eigenvalue weighted by atomic mass is 9.88. The van der Waals surface area contributed by atoms with Gasteiger partial charge in [-0.25, -0.2) is 0 Å². The Morgan fingerprint density at radius 3 is 2.70 bits per heavy atom. The summed E-state index contributed by atoms with van der Waals surface area (Å²) in [5.74, 6) is 0. The van der Waals surface area contributed by atoms with Gasteiger partial charge in [-0.3, -0.25) is 0 Å². The van der Waals surface area contributed by atoms with E-state index >= 15 is 0 Å². The molecule has 0 aromatic carbocycles. The molecule has 0 fully saturated rings. The predicted octanol–water partition coefficient (Wildman–Crippen LogP) is 2.02. The van der Waals surface area contributed by atoms with Gasteiger partial charge in [0.1, 0.15) is 0 Å². The van der Waals surface area contributed by atoms with Crippen LogP contribution >= 0.6 is 11.3 Å². The molecule has 1 aromatic rings. The van der Waals surface area contributed by atoms with E-state index in [0.717, 1.165) is 0 Å². The highest BCUT2D eigenvalue weighted by Gasteiger charge is 2.18. The van der Waals surface area contributed by atoms with E-state index < -0.39 is 0 Å². The second-order valence-corrected chi connectivity index (χ2v) is 3.83. The Hall–Kier alpha value is -0.340. The van der Waals surface area contributed by atoms with Gasteiger partial charge in [-0.1, -0.05) is 13.8 Å². The Balaban J connectivity index is 2.85. The van der Waals surface area contributed by atoms with Gasteiger partial charge >= 0.3 is 0 Å². The van der Waals surface area contributed by atoms with Crippen LogP contribution in [0.3, 0.4) is 0 Å². The van der Waals surface area contributed by atoms with Crippen LogP contribution in [0.2, 0.25) is 0 Å². The maximum absolute atomic E-state index is 8.97. The lowest BCUT2D eigenvalue weighted by Crippen LogP contribution is -2.20. The van der Waals surface area contributed by atoms with Gasteiger partial charge in [0.05, 0.1) is 6.61 Å². The summed E-state index contributed by atoms with van der Waals surface area (Å²) < 4.78 is 0. The molecule has 0 atom stereocenters. The second-order valence-electron chi connectivity index (χ2n) is 3.05. The monoisotopic (exact) mass is 156 g/mol. The van der Waals surface area contributed by atoms with E-state index in [1.807, 2.05) is 19.2 Å². The molecule has 1 nitrogen and oxygen atoms in total. The molecule has 0 saturated heterocycles. The first-order valence-corrected chi connectivity index (χ1v) is 4.24. The molecule has 2 heteroatoms. The van der Waals surface area contributed by atoms with Crippen LogP contribution in [0.4, 0.5) is 0 Å². The van der Waals surface area contributed by atoms with Crippen molar-refractivity contribution < 1.29 is 5.11 Å². The lowest BCUT2D eigenvalue weighted by Gasteiger charge is -2.19. The second kappa shape index (κ2) is 2.72. The zero-order valence-corrected chi connectivity index (χ0v) is 7.11. The highest BCUT2D eigenvalue weighted by atomic mass is 32.1. The van der Waals surface area contributed by atoms with E-state index in [9.17, 15) is 0 Å². The molecule has 0 aliphatic rings. The third kappa shape index (κ3) is 1.39. The number of aliphatic hydroxyl groups excluding tert-OH is 1. The minimum Gasteiger partial charge on any atom is -0.395 e. The summed E-state index contributed by atoms with van der Waals surface area (Å²) in [5.41, 5.74) is 1.15. The maximum atomic E-state index is 8.97. The van der Waals surface area contributed by atoms with E-state index in [2.05, 4.69) is 11.4 Å². The van der Waals surface area contributed by atoms with E-state index in [1.165, 1.54) is 5.56 Å². The van der Waals surface area contributed by atoms with Gasteiger partial charge in [0.25, 0.3) is 0 Å². The number of thiophene rings is 1. The summed E-state index contributed by atoms with van der Waals surface area (Å²) in [6.45, 7) is 4.29. The molecule has 1 aromatic heterocycles. The van der Waals surface area contributed by atoms with Crippen LogP contribution in [0.1, 0.15) is 19.4 Å². The van der Waals surface area contributed by atoms with Crippen molar-refractivity contribution >= 4 is 11.3 Å². The zero-order chi connectivity index (χ0) is 7.61. The van der Waals surface area contributed by atoms with Gasteiger partial charge in [-0.15, -0.1) is 0 Å². The van der Waals surface area contributed by atoms with Crippen molar-refractivity contribution in [1.82, 2.24) is 0 Å². The van der Waals surface area contributed by atoms with E-state index in [0.29, 0.717) is 0 Å². The van der Waals surface area contributed by atoms with Crippen LogP contribution in [0, 0.1) is 0 Å². The highest BCUT2D eigenvalue weighted by molar-refractivity contribution is 7.08. The van der Waals surface area contributed by atoms with Gasteiger partial charge in [0.2, 0.25) is 0 Å². The van der Waals surface area contributed by atoms with Crippen LogP contribution in [-0.2, 0) is 5.41 Å². The van der Waals surface area contributed by atoms with Gasteiger partial charge in [0, 0.05) is 5.41 Å². The predicted molar refractivity (Wildman–Crippen MR) is 44.4 cm³/mol. The Kier molecular flexibility index (Phi) is 2.11. The first kappa shape index (κ1) is 7.76. The molecule has 1 rings (SSSR count). The Morgan fingerprint density at radius 1 is 1.60 bits per heavy atom. The summed E-state index contributed by atoms with van der Waals surface area (Å²) in [6.07, 6.45) is 0. The average molecular weight is 156 g/mol. The summed E-state index contributed by atoms with van der Waals surface area (Å²) in [6, 6.07) is 2.06. The molecule has 1 heterocycles. The van der Waals surface area contributed by atoms with Gasteiger partial charge < -0.3 is 5.11 Å². The van der Waals surface area contributed by atoms with Crippen LogP contribution < -0.4 is 0 Å². The SMILES string of the molecule is CC(C)(CO)c1ccsc1. The molecule has 0 saturated carbocycles. The van der Waals surface area contributed by atoms with E-state index in [1.54, 1.807) is 11.3 Å². The average Bonchev–Trinajstić information content (AvgIpc) is 2.38. The molecule has 0 radical (unpaired) electrons. The fourth-order valence-corrected chi connectivity index (χ4v) is 1.59. The molecule has 0 aliphatic carbocycles. The molecule has 10 heavy (non-hydrogen) atoms. The van der Waals surface area contributed by atoms with Crippen LogP contribution in [-0.4, -0.2) is 11.7 Å². The van der Waals surface area contributed by atoms with Crippen LogP contribution in [0.15, 0.2) is 16.8 Å². The van der Waals surface area contributed by atoms with Crippen LogP contribution in [0.5, 0.6) is 0 Å². The quantitative estimate of drug-likeness (QED) is 0.694. The lowest BCUT2D eigenvalue weighted by molar-refractivity contribution is 0.219. The minimum atomic E-state index is -0.0694. The smallest absolute Gasteiger partial charge is 0.0522 e. The standard InChI is InChI=1S/C8H12OS/c1-8(2,6-9)7-3-4-10-5-7/h3-5,9H,6H2,1-2H3. The molecular formula is C8H12OS. The highest BCUT2D eigenvalue weighted by Crippen LogP contribution is 2.23. The minimum absolute atomic E-state index is 0.0694. The van der Waals surface area contributed by atoms with Crippen LogP contribution in [0.25, 0.3) is 0 Å². The fraction of sp³-hybridized carbons (Fsp3) is 0.500. The van der Waals surface area contributed by atoms with Crippen molar-refractivity contribution in [3.63, 3.8) is 0 Å². The summed E-state index contributed by atoms with van der Waals surface area (Å²) in [4.78, 5) is 0. The molecular weight excluding hydrogens is 144 g/mol. The normalized spacial score (nSPS) is 11.9. The summed E-state index contributed by atoms with van der Waals surface area (Å²) >= 11 is 1.67. The number of rotatable bonds is 2. The van der Waals surface area contributed by atoms with E-state index in [-0.39, 0.29) is 12.0 Å². The molecule has 0 bridgehead atoms. The largest absolute Gasteiger partial charge is 0.395 e. The molecule has 0 aliphatic heterocycles. The Morgan fingerprint density at radius 2 is 2.30 bits per heavy atom. The van der Waals surface area contributed by atoms with E-state index in [4.69, 9.17) is 5.11 Å². The third-order valence-electron chi connectivity index (χ3n) is 1.70. The molecule has 0 spiro atoms. The topological polar surface area (TPSA) is 20.2 Å². The summed E-state index contributed by atoms with van der Waals surface area (Å²) in [5, 5.41) is 13.1. The van der Waals surface area contributed by atoms with Crippen molar-refractivity contribution in [3.8, 4) is 0 Å². The fourth-order valence-electron chi connectivity index (χ4n) is 0.741. The van der Waals surface area contributed by atoms with Crippen molar-refractivity contribution in [2.75, 3.05) is 6.61 Å². The first-order valence-electron chi connectivity index (χ1n) is 3.30. The molecule has 56 valence electrons. The molecule has 0 unspecified atom stereocenters. The first-order chi connectivity index (χ1) is 4.67. The maximum Gasteiger partial charge on any atom is 0.0522 e. The third-order valence-corrected chi connectivity index (χ3v) is 2.38. The Bertz CT molecular complexity index is 189. The molecule has 0 amide bonds. The Labute approximate surface area is 65.3 Å². The summed E-state index contributed by atoms with van der Waals surface area (Å²) in [7, 11) is 0. The number of aliphatic hydroxyl groups is 1. The van der Waals surface area contributed by atoms with Crippen molar-refractivity contribution in [2.45, 2.75) is 19.3 Å². The van der Waals surface area contributed by atoms with Crippen molar-refractivity contribution in [1.29, 1.82) is 0 Å². The van der Waals surface area contributed by atoms with Gasteiger partial charge in [-0.2, -0.15) is 11.3 Å². The molecule has 1 N–H and O–H groups in total. The van der Waals surface area contributed by atoms with Crippen molar-refractivity contribution in [3.05, 3.63) is 22.4 Å².